The molecule has 5 nitrogen and oxygen atoms in total. The number of nitrogens with zero attached hydrogens (tertiary/aromatic N) is 1. The molecule has 2 heterocycles. The molecule has 1 aromatic rings. The van der Waals surface area contributed by atoms with E-state index in [-0.39, 0.29) is 11.3 Å². The van der Waals surface area contributed by atoms with Crippen molar-refractivity contribution in [3.05, 3.63) is 23.7 Å². The summed E-state index contributed by atoms with van der Waals surface area (Å²) >= 11 is 0. The number of carboxylic acids is 1. The lowest BCUT2D eigenvalue weighted by Crippen LogP contribution is -2.52. The van der Waals surface area contributed by atoms with Gasteiger partial charge in [-0.15, -0.1) is 0 Å². The second-order valence-corrected chi connectivity index (χ2v) is 4.86. The van der Waals surface area contributed by atoms with Crippen molar-refractivity contribution in [1.29, 1.82) is 0 Å². The zero-order valence-electron chi connectivity index (χ0n) is 10.1. The molecule has 94 valence electrons. The molecule has 0 aromatic carbocycles. The minimum atomic E-state index is -1.03. The molecule has 0 radical (unpaired) electrons. The SMILES string of the molecule is CC1(C)COCCN1Cc1ccc(C(=O)O)o1. The summed E-state index contributed by atoms with van der Waals surface area (Å²) < 4.78 is 10.7. The zero-order valence-corrected chi connectivity index (χ0v) is 10.1. The van der Waals surface area contributed by atoms with Crippen molar-refractivity contribution in [2.24, 2.45) is 0 Å². The van der Waals surface area contributed by atoms with Gasteiger partial charge >= 0.3 is 5.97 Å². The first-order chi connectivity index (χ1) is 7.99. The Kier molecular flexibility index (Phi) is 3.22. The van der Waals surface area contributed by atoms with Crippen molar-refractivity contribution in [2.75, 3.05) is 19.8 Å². The summed E-state index contributed by atoms with van der Waals surface area (Å²) in [6, 6.07) is 3.21. The maximum Gasteiger partial charge on any atom is 0.371 e. The normalized spacial score (nSPS) is 20.4. The molecular formula is C12H17NO4. The lowest BCUT2D eigenvalue weighted by Gasteiger charge is -2.41. The molecule has 0 spiro atoms. The third kappa shape index (κ3) is 2.68. The first-order valence-corrected chi connectivity index (χ1v) is 5.64. The van der Waals surface area contributed by atoms with Gasteiger partial charge in [-0.1, -0.05) is 0 Å². The molecule has 1 N–H and O–H groups in total. The number of carbonyl (C=O) groups is 1. The van der Waals surface area contributed by atoms with Gasteiger partial charge in [0.2, 0.25) is 5.76 Å². The van der Waals surface area contributed by atoms with Gasteiger partial charge in [-0.05, 0) is 26.0 Å². The minimum Gasteiger partial charge on any atom is -0.475 e. The molecule has 1 aromatic heterocycles. The van der Waals surface area contributed by atoms with E-state index in [1.54, 1.807) is 6.07 Å². The largest absolute Gasteiger partial charge is 0.475 e. The Morgan fingerprint density at radius 1 is 1.53 bits per heavy atom. The van der Waals surface area contributed by atoms with Gasteiger partial charge in [0.15, 0.2) is 0 Å². The molecule has 2 rings (SSSR count). The molecule has 0 saturated carbocycles. The van der Waals surface area contributed by atoms with E-state index in [1.807, 2.05) is 0 Å². The average Bonchev–Trinajstić information content (AvgIpc) is 2.70. The maximum atomic E-state index is 10.7. The Hall–Kier alpha value is -1.33. The van der Waals surface area contributed by atoms with Crippen LogP contribution < -0.4 is 0 Å². The summed E-state index contributed by atoms with van der Waals surface area (Å²) in [4.78, 5) is 12.9. The average molecular weight is 239 g/mol. The van der Waals surface area contributed by atoms with Crippen LogP contribution in [0.3, 0.4) is 0 Å². The van der Waals surface area contributed by atoms with Gasteiger partial charge in [0.1, 0.15) is 5.76 Å². The number of hydrogen-bond acceptors (Lipinski definition) is 4. The Balaban J connectivity index is 2.06. The summed E-state index contributed by atoms with van der Waals surface area (Å²) in [6.07, 6.45) is 0. The molecule has 1 aliphatic heterocycles. The van der Waals surface area contributed by atoms with E-state index in [4.69, 9.17) is 14.3 Å². The van der Waals surface area contributed by atoms with Gasteiger partial charge in [0, 0.05) is 12.1 Å². The van der Waals surface area contributed by atoms with Crippen LogP contribution in [0.1, 0.15) is 30.2 Å². The van der Waals surface area contributed by atoms with Crippen molar-refractivity contribution in [3.8, 4) is 0 Å². The number of morpholine rings is 1. The predicted octanol–water partition coefficient (Wildman–Crippen LogP) is 1.59. The fourth-order valence-corrected chi connectivity index (χ4v) is 1.95. The third-order valence-corrected chi connectivity index (χ3v) is 3.04. The van der Waals surface area contributed by atoms with Crippen molar-refractivity contribution in [3.63, 3.8) is 0 Å². The van der Waals surface area contributed by atoms with E-state index in [1.165, 1.54) is 6.07 Å². The van der Waals surface area contributed by atoms with Gasteiger partial charge in [0.25, 0.3) is 0 Å². The van der Waals surface area contributed by atoms with Crippen LogP contribution in [-0.2, 0) is 11.3 Å². The summed E-state index contributed by atoms with van der Waals surface area (Å²) in [5, 5.41) is 8.78. The first-order valence-electron chi connectivity index (χ1n) is 5.64. The molecule has 0 atom stereocenters. The molecule has 0 aliphatic carbocycles. The number of carboxylic acid groups (broad SMARTS) is 1. The topological polar surface area (TPSA) is 62.9 Å². The number of hydrogen-bond donors (Lipinski definition) is 1. The second-order valence-electron chi connectivity index (χ2n) is 4.86. The zero-order chi connectivity index (χ0) is 12.5. The summed E-state index contributed by atoms with van der Waals surface area (Å²) in [7, 11) is 0. The Morgan fingerprint density at radius 2 is 2.29 bits per heavy atom. The molecule has 0 unspecified atom stereocenters. The summed E-state index contributed by atoms with van der Waals surface area (Å²) in [6.45, 7) is 7.04. The van der Waals surface area contributed by atoms with Crippen LogP contribution in [0.2, 0.25) is 0 Å². The molecular weight excluding hydrogens is 222 g/mol. The molecule has 1 fully saturated rings. The van der Waals surface area contributed by atoms with Gasteiger partial charge in [-0.25, -0.2) is 4.79 Å². The highest BCUT2D eigenvalue weighted by molar-refractivity contribution is 5.84. The van der Waals surface area contributed by atoms with Gasteiger partial charge in [-0.3, -0.25) is 4.90 Å². The monoisotopic (exact) mass is 239 g/mol. The summed E-state index contributed by atoms with van der Waals surface area (Å²) in [5.41, 5.74) is -0.0472. The molecule has 5 heteroatoms. The Bertz CT molecular complexity index is 410. The predicted molar refractivity (Wildman–Crippen MR) is 61.0 cm³/mol. The van der Waals surface area contributed by atoms with Crippen molar-refractivity contribution in [2.45, 2.75) is 25.9 Å². The maximum absolute atomic E-state index is 10.7. The van der Waals surface area contributed by atoms with E-state index in [2.05, 4.69) is 18.7 Å². The number of aromatic carboxylic acids is 1. The quantitative estimate of drug-likeness (QED) is 0.867. The highest BCUT2D eigenvalue weighted by atomic mass is 16.5. The molecule has 17 heavy (non-hydrogen) atoms. The lowest BCUT2D eigenvalue weighted by molar-refractivity contribution is -0.0578. The Labute approximate surface area is 100.0 Å². The fourth-order valence-electron chi connectivity index (χ4n) is 1.95. The van der Waals surface area contributed by atoms with Crippen LogP contribution in [-0.4, -0.2) is 41.3 Å². The van der Waals surface area contributed by atoms with Crippen LogP contribution in [0.4, 0.5) is 0 Å². The highest BCUT2D eigenvalue weighted by Gasteiger charge is 2.31. The van der Waals surface area contributed by atoms with E-state index in [0.29, 0.717) is 25.5 Å². The molecule has 1 aliphatic rings. The minimum absolute atomic E-state index is 0.00827. The molecule has 0 bridgehead atoms. The van der Waals surface area contributed by atoms with Crippen LogP contribution in [0.25, 0.3) is 0 Å². The first kappa shape index (κ1) is 12.1. The van der Waals surface area contributed by atoms with Gasteiger partial charge in [0.05, 0.1) is 19.8 Å². The molecule has 0 amide bonds. The smallest absolute Gasteiger partial charge is 0.371 e. The van der Waals surface area contributed by atoms with Crippen LogP contribution in [0.5, 0.6) is 0 Å². The molecule has 1 saturated heterocycles. The van der Waals surface area contributed by atoms with Crippen LogP contribution in [0.15, 0.2) is 16.5 Å². The Morgan fingerprint density at radius 3 is 2.88 bits per heavy atom. The van der Waals surface area contributed by atoms with Crippen molar-refractivity contribution in [1.82, 2.24) is 4.90 Å². The van der Waals surface area contributed by atoms with Crippen LogP contribution in [0, 0.1) is 0 Å². The van der Waals surface area contributed by atoms with E-state index in [0.717, 1.165) is 6.54 Å². The number of rotatable bonds is 3. The van der Waals surface area contributed by atoms with E-state index >= 15 is 0 Å². The van der Waals surface area contributed by atoms with Crippen LogP contribution >= 0.6 is 0 Å². The standard InChI is InChI=1S/C12H17NO4/c1-12(2)8-16-6-5-13(12)7-9-3-4-10(17-9)11(14)15/h3-4H,5-8H2,1-2H3,(H,14,15). The number of ether oxygens (including phenoxy) is 1. The lowest BCUT2D eigenvalue weighted by atomic mass is 10.0. The van der Waals surface area contributed by atoms with E-state index < -0.39 is 5.97 Å². The van der Waals surface area contributed by atoms with Crippen molar-refractivity contribution >= 4 is 5.97 Å². The fraction of sp³-hybridized carbons (Fsp3) is 0.583. The highest BCUT2D eigenvalue weighted by Crippen LogP contribution is 2.22. The summed E-state index contributed by atoms with van der Waals surface area (Å²) in [5.74, 6) is -0.360. The number of furan rings is 1. The van der Waals surface area contributed by atoms with Gasteiger partial charge in [-0.2, -0.15) is 0 Å². The van der Waals surface area contributed by atoms with E-state index in [9.17, 15) is 4.79 Å². The van der Waals surface area contributed by atoms with Crippen molar-refractivity contribution < 1.29 is 19.1 Å². The van der Waals surface area contributed by atoms with Gasteiger partial charge < -0.3 is 14.3 Å². The third-order valence-electron chi connectivity index (χ3n) is 3.04. The second kappa shape index (κ2) is 4.50.